The quantitative estimate of drug-likeness (QED) is 0.493. The molecule has 0 unspecified atom stereocenters. The Balaban J connectivity index is 1.74. The zero-order valence-corrected chi connectivity index (χ0v) is 14.9. The molecule has 3 rings (SSSR count). The number of anilines is 1. The summed E-state index contributed by atoms with van der Waals surface area (Å²) in [5.74, 6) is -0.0514. The van der Waals surface area contributed by atoms with Gasteiger partial charge in [0.05, 0.1) is 17.5 Å². The Labute approximate surface area is 155 Å². The molecule has 0 fully saturated rings. The Morgan fingerprint density at radius 2 is 2.04 bits per heavy atom. The topological polar surface area (TPSA) is 87.7 Å². The van der Waals surface area contributed by atoms with E-state index in [4.69, 9.17) is 5.26 Å². The molecule has 1 aromatic heterocycles. The van der Waals surface area contributed by atoms with Crippen LogP contribution in [0.15, 0.2) is 59.8 Å². The van der Waals surface area contributed by atoms with Gasteiger partial charge in [-0.1, -0.05) is 42.1 Å². The number of aromatic nitrogens is 4. The van der Waals surface area contributed by atoms with Crippen LogP contribution >= 0.6 is 11.8 Å². The molecule has 0 aliphatic rings. The second kappa shape index (κ2) is 8.27. The minimum absolute atomic E-state index is 0.00771. The van der Waals surface area contributed by atoms with Crippen molar-refractivity contribution in [3.63, 3.8) is 0 Å². The molecule has 0 saturated carbocycles. The zero-order valence-electron chi connectivity index (χ0n) is 14.1. The zero-order chi connectivity index (χ0) is 18.4. The number of hydrogen-bond donors (Lipinski definition) is 0. The van der Waals surface area contributed by atoms with Crippen molar-refractivity contribution in [2.45, 2.75) is 12.1 Å². The van der Waals surface area contributed by atoms with Crippen LogP contribution in [0.2, 0.25) is 0 Å². The van der Waals surface area contributed by atoms with E-state index in [1.807, 2.05) is 55.5 Å². The Hall–Kier alpha value is -3.18. The second-order valence-corrected chi connectivity index (χ2v) is 6.42. The van der Waals surface area contributed by atoms with E-state index in [1.165, 1.54) is 16.7 Å². The van der Waals surface area contributed by atoms with Gasteiger partial charge in [-0.15, -0.1) is 5.10 Å². The number of para-hydroxylation sites is 1. The molecular formula is C18H16N6OS. The molecular weight excluding hydrogens is 348 g/mol. The maximum atomic E-state index is 12.6. The number of carbonyl (C=O) groups excluding carboxylic acids is 1. The van der Waals surface area contributed by atoms with E-state index >= 15 is 0 Å². The highest BCUT2D eigenvalue weighted by atomic mass is 32.2. The Bertz CT molecular complexity index is 934. The van der Waals surface area contributed by atoms with Crippen molar-refractivity contribution in [1.82, 2.24) is 20.2 Å². The fraction of sp³-hybridized carbons (Fsp3) is 0.167. The number of nitriles is 1. The second-order valence-electron chi connectivity index (χ2n) is 5.47. The summed E-state index contributed by atoms with van der Waals surface area (Å²) in [6, 6.07) is 19.0. The van der Waals surface area contributed by atoms with E-state index < -0.39 is 0 Å². The molecule has 0 radical (unpaired) electrons. The lowest BCUT2D eigenvalue weighted by Gasteiger charge is -2.19. The average molecular weight is 364 g/mol. The number of benzene rings is 2. The fourth-order valence-corrected chi connectivity index (χ4v) is 3.16. The van der Waals surface area contributed by atoms with Crippen molar-refractivity contribution in [2.75, 3.05) is 17.2 Å². The predicted octanol–water partition coefficient (Wildman–Crippen LogP) is 2.62. The standard InChI is InChI=1S/C18H16N6OS/c1-14-6-5-9-16(12-14)24-18(20-21-22-24)26-13-17(25)23(11-10-19)15-7-3-2-4-8-15/h2-9,12H,11,13H2,1H3. The minimum Gasteiger partial charge on any atom is -0.298 e. The van der Waals surface area contributed by atoms with Crippen LogP contribution in [-0.4, -0.2) is 38.4 Å². The van der Waals surface area contributed by atoms with Crippen molar-refractivity contribution >= 4 is 23.4 Å². The average Bonchev–Trinajstić information content (AvgIpc) is 3.13. The van der Waals surface area contributed by atoms with Gasteiger partial charge in [0, 0.05) is 5.69 Å². The molecule has 0 aliphatic carbocycles. The molecule has 1 amide bonds. The third-order valence-corrected chi connectivity index (χ3v) is 4.51. The number of nitrogens with zero attached hydrogens (tertiary/aromatic N) is 6. The van der Waals surface area contributed by atoms with Gasteiger partial charge in [0.15, 0.2) is 0 Å². The van der Waals surface area contributed by atoms with Gasteiger partial charge < -0.3 is 0 Å². The highest BCUT2D eigenvalue weighted by Gasteiger charge is 2.18. The Morgan fingerprint density at radius 3 is 2.77 bits per heavy atom. The summed E-state index contributed by atoms with van der Waals surface area (Å²) in [5, 5.41) is 21.3. The maximum Gasteiger partial charge on any atom is 0.238 e. The number of hydrogen-bond acceptors (Lipinski definition) is 6. The molecule has 8 heteroatoms. The van der Waals surface area contributed by atoms with Crippen LogP contribution in [0.3, 0.4) is 0 Å². The van der Waals surface area contributed by atoms with Crippen molar-refractivity contribution < 1.29 is 4.79 Å². The molecule has 130 valence electrons. The van der Waals surface area contributed by atoms with Gasteiger partial charge in [0.25, 0.3) is 0 Å². The monoisotopic (exact) mass is 364 g/mol. The van der Waals surface area contributed by atoms with Crippen LogP contribution in [0.25, 0.3) is 5.69 Å². The van der Waals surface area contributed by atoms with Gasteiger partial charge in [0.2, 0.25) is 11.1 Å². The van der Waals surface area contributed by atoms with Gasteiger partial charge in [-0.2, -0.15) is 9.94 Å². The van der Waals surface area contributed by atoms with Crippen LogP contribution in [0.4, 0.5) is 5.69 Å². The summed E-state index contributed by atoms with van der Waals surface area (Å²) in [5.41, 5.74) is 2.62. The lowest BCUT2D eigenvalue weighted by Crippen LogP contribution is -2.32. The van der Waals surface area contributed by atoms with Gasteiger partial charge in [-0.25, -0.2) is 0 Å². The number of carbonyl (C=O) groups is 1. The van der Waals surface area contributed by atoms with Crippen molar-refractivity contribution in [3.8, 4) is 11.8 Å². The van der Waals surface area contributed by atoms with Gasteiger partial charge in [-0.3, -0.25) is 9.69 Å². The summed E-state index contributed by atoms with van der Waals surface area (Å²) >= 11 is 1.24. The van der Waals surface area contributed by atoms with Gasteiger partial charge in [-0.05, 0) is 47.2 Å². The number of aryl methyl sites for hydroxylation is 1. The number of tetrazole rings is 1. The van der Waals surface area contributed by atoms with E-state index in [0.717, 1.165) is 11.3 Å². The normalized spacial score (nSPS) is 10.3. The first-order valence-electron chi connectivity index (χ1n) is 7.89. The van der Waals surface area contributed by atoms with Gasteiger partial charge in [0.1, 0.15) is 6.54 Å². The molecule has 0 spiro atoms. The summed E-state index contributed by atoms with van der Waals surface area (Å²) in [7, 11) is 0. The minimum atomic E-state index is -0.179. The first kappa shape index (κ1) is 17.6. The summed E-state index contributed by atoms with van der Waals surface area (Å²) in [4.78, 5) is 14.1. The number of amides is 1. The highest BCUT2D eigenvalue weighted by Crippen LogP contribution is 2.21. The van der Waals surface area contributed by atoms with Crippen molar-refractivity contribution in [2.24, 2.45) is 0 Å². The lowest BCUT2D eigenvalue weighted by molar-refractivity contribution is -0.116. The van der Waals surface area contributed by atoms with Crippen LogP contribution in [-0.2, 0) is 4.79 Å². The van der Waals surface area contributed by atoms with Crippen LogP contribution in [0, 0.1) is 18.3 Å². The van der Waals surface area contributed by atoms with Gasteiger partial charge >= 0.3 is 0 Å². The first-order valence-corrected chi connectivity index (χ1v) is 8.88. The first-order chi connectivity index (χ1) is 12.7. The summed E-state index contributed by atoms with van der Waals surface area (Å²) in [6.45, 7) is 1.98. The highest BCUT2D eigenvalue weighted by molar-refractivity contribution is 7.99. The molecule has 7 nitrogen and oxygen atoms in total. The molecule has 3 aromatic rings. The SMILES string of the molecule is Cc1cccc(-n2nnnc2SCC(=O)N(CC#N)c2ccccc2)c1. The lowest BCUT2D eigenvalue weighted by atomic mass is 10.2. The number of thioether (sulfide) groups is 1. The molecule has 0 atom stereocenters. The Morgan fingerprint density at radius 1 is 1.23 bits per heavy atom. The smallest absolute Gasteiger partial charge is 0.238 e. The molecule has 0 bridgehead atoms. The summed E-state index contributed by atoms with van der Waals surface area (Å²) in [6.07, 6.45) is 0. The van der Waals surface area contributed by atoms with E-state index in [1.54, 1.807) is 16.8 Å². The predicted molar refractivity (Wildman–Crippen MR) is 99.0 cm³/mol. The van der Waals surface area contributed by atoms with E-state index in [0.29, 0.717) is 10.8 Å². The van der Waals surface area contributed by atoms with E-state index in [9.17, 15) is 4.79 Å². The third-order valence-electron chi connectivity index (χ3n) is 3.61. The van der Waals surface area contributed by atoms with Crippen molar-refractivity contribution in [1.29, 1.82) is 5.26 Å². The van der Waals surface area contributed by atoms with Crippen LogP contribution in [0.1, 0.15) is 5.56 Å². The molecule has 26 heavy (non-hydrogen) atoms. The third kappa shape index (κ3) is 4.07. The summed E-state index contributed by atoms with van der Waals surface area (Å²) < 4.78 is 1.60. The molecule has 0 saturated heterocycles. The Kier molecular flexibility index (Phi) is 5.61. The maximum absolute atomic E-state index is 12.6. The van der Waals surface area contributed by atoms with E-state index in [2.05, 4.69) is 15.5 Å². The molecule has 1 heterocycles. The van der Waals surface area contributed by atoms with Crippen LogP contribution in [0.5, 0.6) is 0 Å². The molecule has 0 N–H and O–H groups in total. The fourth-order valence-electron chi connectivity index (χ4n) is 2.40. The molecule has 2 aromatic carbocycles. The molecule has 0 aliphatic heterocycles. The number of rotatable bonds is 6. The van der Waals surface area contributed by atoms with E-state index in [-0.39, 0.29) is 18.2 Å². The largest absolute Gasteiger partial charge is 0.298 e. The van der Waals surface area contributed by atoms with Crippen LogP contribution < -0.4 is 4.90 Å². The van der Waals surface area contributed by atoms with Crippen molar-refractivity contribution in [3.05, 3.63) is 60.2 Å².